The van der Waals surface area contributed by atoms with E-state index in [0.717, 1.165) is 13.0 Å². The fourth-order valence-electron chi connectivity index (χ4n) is 1.19. The van der Waals surface area contributed by atoms with E-state index in [1.807, 2.05) is 18.2 Å². The van der Waals surface area contributed by atoms with Crippen LogP contribution in [-0.4, -0.2) is 18.2 Å². The Balaban J connectivity index is 2.16. The van der Waals surface area contributed by atoms with E-state index in [0.29, 0.717) is 11.7 Å². The third-order valence-electron chi connectivity index (χ3n) is 1.95. The van der Waals surface area contributed by atoms with Gasteiger partial charge >= 0.3 is 0 Å². The second-order valence-corrected chi connectivity index (χ2v) is 3.57. The van der Waals surface area contributed by atoms with Gasteiger partial charge in [0.25, 0.3) is 0 Å². The Morgan fingerprint density at radius 1 is 1.27 bits per heavy atom. The van der Waals surface area contributed by atoms with Crippen molar-refractivity contribution >= 4 is 17.3 Å². The first-order valence-corrected chi connectivity index (χ1v) is 5.40. The maximum atomic E-state index is 5.06. The summed E-state index contributed by atoms with van der Waals surface area (Å²) < 4.78 is 0. The average molecular weight is 220 g/mol. The zero-order chi connectivity index (χ0) is 10.9. The van der Waals surface area contributed by atoms with Crippen molar-refractivity contribution in [2.75, 3.05) is 13.1 Å². The van der Waals surface area contributed by atoms with E-state index in [9.17, 15) is 0 Å². The van der Waals surface area contributed by atoms with Crippen LogP contribution in [0.25, 0.3) is 0 Å². The number of rotatable bonds is 5. The SMILES string of the molecule is C=CCNC(=S)NCCc1ccccc1. The van der Waals surface area contributed by atoms with Crippen LogP contribution in [0.2, 0.25) is 0 Å². The highest BCUT2D eigenvalue weighted by atomic mass is 32.1. The Morgan fingerprint density at radius 3 is 2.67 bits per heavy atom. The molecule has 1 aromatic rings. The summed E-state index contributed by atoms with van der Waals surface area (Å²) >= 11 is 5.06. The van der Waals surface area contributed by atoms with E-state index in [2.05, 4.69) is 29.3 Å². The monoisotopic (exact) mass is 220 g/mol. The van der Waals surface area contributed by atoms with Crippen LogP contribution in [0, 0.1) is 0 Å². The van der Waals surface area contributed by atoms with Gasteiger partial charge in [0.15, 0.2) is 5.11 Å². The fourth-order valence-corrected chi connectivity index (χ4v) is 1.38. The molecule has 0 saturated carbocycles. The summed E-state index contributed by atoms with van der Waals surface area (Å²) in [6.07, 6.45) is 2.77. The van der Waals surface area contributed by atoms with Crippen LogP contribution in [0.3, 0.4) is 0 Å². The van der Waals surface area contributed by atoms with Gasteiger partial charge in [-0.25, -0.2) is 0 Å². The smallest absolute Gasteiger partial charge is 0.166 e. The molecule has 0 spiro atoms. The maximum absolute atomic E-state index is 5.06. The molecule has 1 aromatic carbocycles. The van der Waals surface area contributed by atoms with E-state index in [1.54, 1.807) is 6.08 Å². The summed E-state index contributed by atoms with van der Waals surface area (Å²) in [7, 11) is 0. The summed E-state index contributed by atoms with van der Waals surface area (Å²) in [5.41, 5.74) is 1.32. The van der Waals surface area contributed by atoms with Gasteiger partial charge in [-0.15, -0.1) is 6.58 Å². The van der Waals surface area contributed by atoms with Gasteiger partial charge in [-0.05, 0) is 24.2 Å². The Bertz CT molecular complexity index is 309. The largest absolute Gasteiger partial charge is 0.362 e. The molecule has 15 heavy (non-hydrogen) atoms. The molecule has 0 radical (unpaired) electrons. The molecule has 0 aromatic heterocycles. The number of benzene rings is 1. The number of thiocarbonyl (C=S) groups is 1. The van der Waals surface area contributed by atoms with Crippen molar-refractivity contribution in [1.82, 2.24) is 10.6 Å². The normalized spacial score (nSPS) is 9.33. The van der Waals surface area contributed by atoms with Crippen molar-refractivity contribution in [2.45, 2.75) is 6.42 Å². The predicted octanol–water partition coefficient (Wildman–Crippen LogP) is 1.88. The number of hydrogen-bond acceptors (Lipinski definition) is 1. The number of hydrogen-bond donors (Lipinski definition) is 2. The zero-order valence-corrected chi connectivity index (χ0v) is 9.52. The van der Waals surface area contributed by atoms with Crippen LogP contribution < -0.4 is 10.6 Å². The third-order valence-corrected chi connectivity index (χ3v) is 2.24. The van der Waals surface area contributed by atoms with Gasteiger partial charge in [0.2, 0.25) is 0 Å². The lowest BCUT2D eigenvalue weighted by atomic mass is 10.1. The summed E-state index contributed by atoms with van der Waals surface area (Å²) in [5, 5.41) is 6.85. The molecule has 0 amide bonds. The summed E-state index contributed by atoms with van der Waals surface area (Å²) in [5.74, 6) is 0. The van der Waals surface area contributed by atoms with Crippen molar-refractivity contribution < 1.29 is 0 Å². The molecule has 0 heterocycles. The predicted molar refractivity (Wildman–Crippen MR) is 68.9 cm³/mol. The molecule has 0 aliphatic heterocycles. The third kappa shape index (κ3) is 5.18. The fraction of sp³-hybridized carbons (Fsp3) is 0.250. The highest BCUT2D eigenvalue weighted by Crippen LogP contribution is 1.97. The second-order valence-electron chi connectivity index (χ2n) is 3.16. The van der Waals surface area contributed by atoms with Crippen LogP contribution in [0.5, 0.6) is 0 Å². The Hall–Kier alpha value is -1.35. The molecule has 0 aliphatic rings. The molecule has 2 N–H and O–H groups in total. The minimum absolute atomic E-state index is 0.686. The van der Waals surface area contributed by atoms with Crippen LogP contribution in [0.15, 0.2) is 43.0 Å². The summed E-state index contributed by atoms with van der Waals surface area (Å²) in [6.45, 7) is 5.17. The number of nitrogens with one attached hydrogen (secondary N) is 2. The molecule has 0 aliphatic carbocycles. The molecule has 2 nitrogen and oxygen atoms in total. The van der Waals surface area contributed by atoms with Crippen molar-refractivity contribution in [3.8, 4) is 0 Å². The highest BCUT2D eigenvalue weighted by Gasteiger charge is 1.93. The molecule has 0 atom stereocenters. The van der Waals surface area contributed by atoms with Crippen molar-refractivity contribution in [3.63, 3.8) is 0 Å². The highest BCUT2D eigenvalue weighted by molar-refractivity contribution is 7.80. The van der Waals surface area contributed by atoms with E-state index < -0.39 is 0 Å². The van der Waals surface area contributed by atoms with Gasteiger partial charge in [0, 0.05) is 13.1 Å². The van der Waals surface area contributed by atoms with Gasteiger partial charge in [-0.2, -0.15) is 0 Å². The van der Waals surface area contributed by atoms with E-state index in [1.165, 1.54) is 5.56 Å². The first-order chi connectivity index (χ1) is 7.33. The quantitative estimate of drug-likeness (QED) is 0.585. The van der Waals surface area contributed by atoms with Gasteiger partial charge < -0.3 is 10.6 Å². The lowest BCUT2D eigenvalue weighted by molar-refractivity contribution is 0.840. The molecule has 3 heteroatoms. The average Bonchev–Trinajstić information content (AvgIpc) is 2.28. The van der Waals surface area contributed by atoms with Crippen LogP contribution >= 0.6 is 12.2 Å². The first kappa shape index (κ1) is 11.7. The lowest BCUT2D eigenvalue weighted by Crippen LogP contribution is -2.36. The van der Waals surface area contributed by atoms with Gasteiger partial charge in [0.05, 0.1) is 0 Å². The first-order valence-electron chi connectivity index (χ1n) is 4.99. The molecule has 0 fully saturated rings. The molecule has 0 saturated heterocycles. The molecule has 0 unspecified atom stereocenters. The van der Waals surface area contributed by atoms with Crippen molar-refractivity contribution in [3.05, 3.63) is 48.6 Å². The topological polar surface area (TPSA) is 24.1 Å². The minimum Gasteiger partial charge on any atom is -0.362 e. The lowest BCUT2D eigenvalue weighted by Gasteiger charge is -2.08. The Kier molecular flexibility index (Phi) is 5.48. The van der Waals surface area contributed by atoms with Gasteiger partial charge in [-0.1, -0.05) is 36.4 Å². The molecular formula is C12H16N2S. The molecule has 80 valence electrons. The van der Waals surface area contributed by atoms with Gasteiger partial charge in [-0.3, -0.25) is 0 Å². The molecular weight excluding hydrogens is 204 g/mol. The van der Waals surface area contributed by atoms with Crippen LogP contribution in [0.4, 0.5) is 0 Å². The van der Waals surface area contributed by atoms with Crippen molar-refractivity contribution in [2.24, 2.45) is 0 Å². The van der Waals surface area contributed by atoms with Crippen LogP contribution in [0.1, 0.15) is 5.56 Å². The summed E-state index contributed by atoms with van der Waals surface area (Å²) in [4.78, 5) is 0. The van der Waals surface area contributed by atoms with E-state index in [-0.39, 0.29) is 0 Å². The van der Waals surface area contributed by atoms with Crippen molar-refractivity contribution in [1.29, 1.82) is 0 Å². The minimum atomic E-state index is 0.686. The van der Waals surface area contributed by atoms with E-state index >= 15 is 0 Å². The van der Waals surface area contributed by atoms with E-state index in [4.69, 9.17) is 12.2 Å². The maximum Gasteiger partial charge on any atom is 0.166 e. The van der Waals surface area contributed by atoms with Crippen LogP contribution in [-0.2, 0) is 6.42 Å². The second kappa shape index (κ2) is 7.01. The molecule has 0 bridgehead atoms. The Morgan fingerprint density at radius 2 is 2.00 bits per heavy atom. The Labute approximate surface area is 96.4 Å². The zero-order valence-electron chi connectivity index (χ0n) is 8.70. The standard InChI is InChI=1S/C12H16N2S/c1-2-9-13-12(15)14-10-8-11-6-4-3-5-7-11/h2-7H,1,8-10H2,(H2,13,14,15). The molecule has 1 rings (SSSR count). The summed E-state index contributed by atoms with van der Waals surface area (Å²) in [6, 6.07) is 10.3. The van der Waals surface area contributed by atoms with Gasteiger partial charge in [0.1, 0.15) is 0 Å².